The number of aryl methyl sites for hydroxylation is 2. The fraction of sp³-hybridized carbons (Fsp3) is 0.278. The van der Waals surface area contributed by atoms with Gasteiger partial charge in [-0.3, -0.25) is 4.79 Å². The summed E-state index contributed by atoms with van der Waals surface area (Å²) in [5.74, 6) is -0.506. The molecule has 0 atom stereocenters. The summed E-state index contributed by atoms with van der Waals surface area (Å²) >= 11 is 3.27. The predicted octanol–water partition coefficient (Wildman–Crippen LogP) is 4.12. The molecule has 2 aromatic carbocycles. The molecule has 0 saturated heterocycles. The highest BCUT2D eigenvalue weighted by Crippen LogP contribution is 2.22. The first-order chi connectivity index (χ1) is 11.3. The summed E-state index contributed by atoms with van der Waals surface area (Å²) in [6.45, 7) is 3.94. The Kier molecular flexibility index (Phi) is 6.18. The van der Waals surface area contributed by atoms with Crippen molar-refractivity contribution >= 4 is 37.4 Å². The minimum absolute atomic E-state index is 0.0735. The zero-order valence-corrected chi connectivity index (χ0v) is 16.1. The highest BCUT2D eigenvalue weighted by Gasteiger charge is 2.17. The molecule has 0 spiro atoms. The summed E-state index contributed by atoms with van der Waals surface area (Å²) in [7, 11) is -3.47. The van der Waals surface area contributed by atoms with Crippen molar-refractivity contribution in [2.24, 2.45) is 0 Å². The molecule has 4 nitrogen and oxygen atoms in total. The van der Waals surface area contributed by atoms with Crippen molar-refractivity contribution in [2.75, 3.05) is 11.1 Å². The van der Waals surface area contributed by atoms with E-state index in [2.05, 4.69) is 21.2 Å². The molecule has 24 heavy (non-hydrogen) atoms. The molecule has 0 aliphatic carbocycles. The van der Waals surface area contributed by atoms with E-state index in [-0.39, 0.29) is 23.0 Å². The van der Waals surface area contributed by atoms with E-state index in [9.17, 15) is 13.2 Å². The van der Waals surface area contributed by atoms with Crippen LogP contribution in [0.2, 0.25) is 0 Å². The topological polar surface area (TPSA) is 63.2 Å². The van der Waals surface area contributed by atoms with Gasteiger partial charge in [0.05, 0.1) is 10.6 Å². The first-order valence-electron chi connectivity index (χ1n) is 7.70. The molecule has 6 heteroatoms. The van der Waals surface area contributed by atoms with Gasteiger partial charge in [0.25, 0.3) is 0 Å². The molecule has 0 aromatic heterocycles. The third-order valence-corrected chi connectivity index (χ3v) is 6.04. The van der Waals surface area contributed by atoms with Gasteiger partial charge >= 0.3 is 0 Å². The quantitative estimate of drug-likeness (QED) is 0.779. The molecule has 2 rings (SSSR count). The van der Waals surface area contributed by atoms with Crippen LogP contribution in [0.25, 0.3) is 0 Å². The van der Waals surface area contributed by atoms with Gasteiger partial charge in [0.1, 0.15) is 0 Å². The van der Waals surface area contributed by atoms with Gasteiger partial charge in [-0.1, -0.05) is 41.1 Å². The van der Waals surface area contributed by atoms with E-state index >= 15 is 0 Å². The highest BCUT2D eigenvalue weighted by atomic mass is 79.9. The van der Waals surface area contributed by atoms with Crippen LogP contribution < -0.4 is 5.32 Å². The minimum Gasteiger partial charge on any atom is -0.326 e. The van der Waals surface area contributed by atoms with Gasteiger partial charge in [0.15, 0.2) is 9.84 Å². The average molecular weight is 410 g/mol. The van der Waals surface area contributed by atoms with Crippen molar-refractivity contribution in [2.45, 2.75) is 31.6 Å². The van der Waals surface area contributed by atoms with Gasteiger partial charge < -0.3 is 5.32 Å². The lowest BCUT2D eigenvalue weighted by Crippen LogP contribution is -2.18. The van der Waals surface area contributed by atoms with Crippen LogP contribution in [0.15, 0.2) is 51.8 Å². The third-order valence-electron chi connectivity index (χ3n) is 3.78. The molecule has 0 aliphatic heterocycles. The standard InChI is InChI=1S/C18H20BrNO3S/c1-3-14-6-4-5-13(2)18(14)20-17(21)11-12-24(22,23)16-9-7-15(19)8-10-16/h4-10H,3,11-12H2,1-2H3,(H,20,21). The number of sulfone groups is 1. The Morgan fingerprint density at radius 1 is 1.12 bits per heavy atom. The Morgan fingerprint density at radius 3 is 2.42 bits per heavy atom. The van der Waals surface area contributed by atoms with Crippen molar-refractivity contribution in [3.8, 4) is 0 Å². The van der Waals surface area contributed by atoms with Gasteiger partial charge in [-0.15, -0.1) is 0 Å². The summed E-state index contributed by atoms with van der Waals surface area (Å²) in [6, 6.07) is 12.2. The molecule has 0 radical (unpaired) electrons. The average Bonchev–Trinajstić information content (AvgIpc) is 2.55. The number of nitrogens with one attached hydrogen (secondary N) is 1. The lowest BCUT2D eigenvalue weighted by atomic mass is 10.1. The summed E-state index contributed by atoms with van der Waals surface area (Å²) in [4.78, 5) is 12.4. The fourth-order valence-electron chi connectivity index (χ4n) is 2.39. The van der Waals surface area contributed by atoms with Crippen LogP contribution >= 0.6 is 15.9 Å². The van der Waals surface area contributed by atoms with E-state index in [1.807, 2.05) is 32.0 Å². The SMILES string of the molecule is CCc1cccc(C)c1NC(=O)CCS(=O)(=O)c1ccc(Br)cc1. The van der Waals surface area contributed by atoms with Gasteiger partial charge in [0.2, 0.25) is 5.91 Å². The van der Waals surface area contributed by atoms with E-state index in [1.54, 1.807) is 12.1 Å². The maximum atomic E-state index is 12.3. The van der Waals surface area contributed by atoms with E-state index in [1.165, 1.54) is 12.1 Å². The van der Waals surface area contributed by atoms with Crippen molar-refractivity contribution in [1.82, 2.24) is 0 Å². The van der Waals surface area contributed by atoms with Crippen LogP contribution in [-0.4, -0.2) is 20.1 Å². The monoisotopic (exact) mass is 409 g/mol. The lowest BCUT2D eigenvalue weighted by Gasteiger charge is -2.13. The first-order valence-corrected chi connectivity index (χ1v) is 10.1. The minimum atomic E-state index is -3.47. The smallest absolute Gasteiger partial charge is 0.225 e. The van der Waals surface area contributed by atoms with Gasteiger partial charge in [-0.25, -0.2) is 8.42 Å². The van der Waals surface area contributed by atoms with E-state index in [4.69, 9.17) is 0 Å². The molecule has 0 bridgehead atoms. The second-order valence-corrected chi connectivity index (χ2v) is 8.56. The van der Waals surface area contributed by atoms with Gasteiger partial charge in [0, 0.05) is 16.6 Å². The Labute approximate surface area is 151 Å². The molecule has 0 unspecified atom stereocenters. The summed E-state index contributed by atoms with van der Waals surface area (Å²) < 4.78 is 25.4. The van der Waals surface area contributed by atoms with Gasteiger partial charge in [-0.2, -0.15) is 0 Å². The highest BCUT2D eigenvalue weighted by molar-refractivity contribution is 9.10. The number of rotatable bonds is 6. The van der Waals surface area contributed by atoms with Crippen molar-refractivity contribution in [3.63, 3.8) is 0 Å². The van der Waals surface area contributed by atoms with Crippen molar-refractivity contribution in [3.05, 3.63) is 58.1 Å². The normalized spacial score (nSPS) is 11.3. The van der Waals surface area contributed by atoms with Crippen LogP contribution in [0, 0.1) is 6.92 Å². The van der Waals surface area contributed by atoms with E-state index in [0.717, 1.165) is 27.7 Å². The molecule has 128 valence electrons. The van der Waals surface area contributed by atoms with Crippen LogP contribution in [0.4, 0.5) is 5.69 Å². The van der Waals surface area contributed by atoms with Crippen LogP contribution in [-0.2, 0) is 21.1 Å². The van der Waals surface area contributed by atoms with Crippen molar-refractivity contribution < 1.29 is 13.2 Å². The molecule has 0 heterocycles. The maximum absolute atomic E-state index is 12.3. The molecule has 2 aromatic rings. The number of halogens is 1. The molecule has 1 amide bonds. The third kappa shape index (κ3) is 4.68. The zero-order valence-electron chi connectivity index (χ0n) is 13.7. The summed E-state index contributed by atoms with van der Waals surface area (Å²) in [6.07, 6.45) is 0.727. The Balaban J connectivity index is 2.05. The number of carbonyl (C=O) groups excluding carboxylic acids is 1. The molecule has 0 fully saturated rings. The Hall–Kier alpha value is -1.66. The molecular weight excluding hydrogens is 390 g/mol. The first kappa shape index (κ1) is 18.7. The summed E-state index contributed by atoms with van der Waals surface area (Å²) in [5.41, 5.74) is 2.80. The van der Waals surface area contributed by atoms with Crippen LogP contribution in [0.1, 0.15) is 24.5 Å². The van der Waals surface area contributed by atoms with E-state index < -0.39 is 9.84 Å². The van der Waals surface area contributed by atoms with Gasteiger partial charge in [-0.05, 0) is 48.7 Å². The predicted molar refractivity (Wildman–Crippen MR) is 100.0 cm³/mol. The zero-order chi connectivity index (χ0) is 17.7. The number of hydrogen-bond acceptors (Lipinski definition) is 3. The van der Waals surface area contributed by atoms with Crippen molar-refractivity contribution in [1.29, 1.82) is 0 Å². The molecule has 0 saturated carbocycles. The fourth-order valence-corrected chi connectivity index (χ4v) is 3.90. The largest absolute Gasteiger partial charge is 0.326 e. The van der Waals surface area contributed by atoms with Crippen LogP contribution in [0.3, 0.4) is 0 Å². The summed E-state index contributed by atoms with van der Waals surface area (Å²) in [5, 5.41) is 2.85. The Bertz CT molecular complexity index is 830. The lowest BCUT2D eigenvalue weighted by molar-refractivity contribution is -0.115. The molecular formula is C18H20BrNO3S. The van der Waals surface area contributed by atoms with E-state index in [0.29, 0.717) is 0 Å². The number of hydrogen-bond donors (Lipinski definition) is 1. The number of para-hydroxylation sites is 1. The maximum Gasteiger partial charge on any atom is 0.225 e. The second kappa shape index (κ2) is 7.94. The second-order valence-electron chi connectivity index (χ2n) is 5.53. The molecule has 1 N–H and O–H groups in total. The number of benzene rings is 2. The Morgan fingerprint density at radius 2 is 1.79 bits per heavy atom. The number of carbonyl (C=O) groups is 1. The number of anilines is 1. The van der Waals surface area contributed by atoms with Crippen LogP contribution in [0.5, 0.6) is 0 Å². The molecule has 0 aliphatic rings. The number of amides is 1.